The fourth-order valence-corrected chi connectivity index (χ4v) is 2.27. The standard InChI is InChI=1S/C16H15BrFNO2/c17-16(18,14(20)13-9-5-2-6-10-13)15(21)19-11-12-7-3-1-4-8-12/h1-10,14,20H,11H2,(H,19,21)/t14-,16+/m1/s1. The summed E-state index contributed by atoms with van der Waals surface area (Å²) in [4.78, 5) is 12.0. The average molecular weight is 352 g/mol. The predicted octanol–water partition coefficient (Wildman–Crippen LogP) is 3.10. The topological polar surface area (TPSA) is 49.3 Å². The Hall–Kier alpha value is -1.72. The summed E-state index contributed by atoms with van der Waals surface area (Å²) in [6.45, 7) is 0.193. The molecule has 0 aliphatic heterocycles. The van der Waals surface area contributed by atoms with Crippen LogP contribution in [0.4, 0.5) is 4.39 Å². The molecule has 0 aromatic heterocycles. The largest absolute Gasteiger partial charge is 0.384 e. The van der Waals surface area contributed by atoms with E-state index in [0.717, 1.165) is 5.56 Å². The van der Waals surface area contributed by atoms with Crippen molar-refractivity contribution in [2.45, 2.75) is 17.2 Å². The number of alkyl halides is 2. The van der Waals surface area contributed by atoms with Crippen molar-refractivity contribution in [2.75, 3.05) is 0 Å². The van der Waals surface area contributed by atoms with Gasteiger partial charge in [0.15, 0.2) is 0 Å². The van der Waals surface area contributed by atoms with Crippen LogP contribution < -0.4 is 5.32 Å². The number of amides is 1. The van der Waals surface area contributed by atoms with Gasteiger partial charge in [0, 0.05) is 6.54 Å². The van der Waals surface area contributed by atoms with Gasteiger partial charge in [-0.2, -0.15) is 0 Å². The van der Waals surface area contributed by atoms with Crippen molar-refractivity contribution in [1.29, 1.82) is 0 Å². The van der Waals surface area contributed by atoms with Crippen molar-refractivity contribution in [3.05, 3.63) is 71.8 Å². The fourth-order valence-electron chi connectivity index (χ4n) is 1.86. The number of aliphatic hydroxyl groups is 1. The van der Waals surface area contributed by atoms with E-state index in [4.69, 9.17) is 0 Å². The van der Waals surface area contributed by atoms with Gasteiger partial charge in [0.1, 0.15) is 6.10 Å². The molecule has 0 heterocycles. The molecule has 0 aliphatic rings. The molecular formula is C16H15BrFNO2. The van der Waals surface area contributed by atoms with E-state index in [1.54, 1.807) is 30.3 Å². The van der Waals surface area contributed by atoms with Crippen LogP contribution in [-0.4, -0.2) is 15.6 Å². The molecule has 0 radical (unpaired) electrons. The highest BCUT2D eigenvalue weighted by Crippen LogP contribution is 2.35. The minimum absolute atomic E-state index is 0.193. The monoisotopic (exact) mass is 351 g/mol. The Labute approximate surface area is 130 Å². The molecule has 0 saturated heterocycles. The summed E-state index contributed by atoms with van der Waals surface area (Å²) in [6.07, 6.45) is -1.59. The fraction of sp³-hybridized carbons (Fsp3) is 0.188. The Morgan fingerprint density at radius 1 is 1.14 bits per heavy atom. The Morgan fingerprint density at radius 3 is 2.24 bits per heavy atom. The quantitative estimate of drug-likeness (QED) is 0.813. The van der Waals surface area contributed by atoms with Crippen molar-refractivity contribution < 1.29 is 14.3 Å². The lowest BCUT2D eigenvalue weighted by atomic mass is 10.0. The van der Waals surface area contributed by atoms with E-state index >= 15 is 0 Å². The molecular weight excluding hydrogens is 337 g/mol. The highest BCUT2D eigenvalue weighted by atomic mass is 79.9. The third-order valence-electron chi connectivity index (χ3n) is 3.06. The molecule has 0 fully saturated rings. The van der Waals surface area contributed by atoms with Gasteiger partial charge in [0.05, 0.1) is 0 Å². The van der Waals surface area contributed by atoms with Crippen LogP contribution in [0.5, 0.6) is 0 Å². The van der Waals surface area contributed by atoms with Crippen LogP contribution >= 0.6 is 15.9 Å². The van der Waals surface area contributed by atoms with Crippen LogP contribution in [0.15, 0.2) is 60.7 Å². The molecule has 2 aromatic carbocycles. The number of benzene rings is 2. The number of carbonyl (C=O) groups is 1. The number of hydrogen-bond acceptors (Lipinski definition) is 2. The van der Waals surface area contributed by atoms with Gasteiger partial charge in [-0.25, -0.2) is 4.39 Å². The number of halogens is 2. The summed E-state index contributed by atoms with van der Waals surface area (Å²) in [5, 5.41) is 12.5. The van der Waals surface area contributed by atoms with Crippen molar-refractivity contribution in [3.63, 3.8) is 0 Å². The van der Waals surface area contributed by atoms with Crippen LogP contribution in [0.25, 0.3) is 0 Å². The lowest BCUT2D eigenvalue weighted by Gasteiger charge is -2.24. The normalized spacial score (nSPS) is 15.0. The molecule has 0 bridgehead atoms. The zero-order chi connectivity index (χ0) is 15.3. The van der Waals surface area contributed by atoms with Crippen LogP contribution in [0.2, 0.25) is 0 Å². The highest BCUT2D eigenvalue weighted by molar-refractivity contribution is 9.10. The molecule has 0 unspecified atom stereocenters. The Bertz CT molecular complexity index is 590. The van der Waals surface area contributed by atoms with E-state index in [0.29, 0.717) is 5.56 Å². The zero-order valence-electron chi connectivity index (χ0n) is 11.2. The van der Waals surface area contributed by atoms with Gasteiger partial charge < -0.3 is 10.4 Å². The van der Waals surface area contributed by atoms with E-state index in [9.17, 15) is 14.3 Å². The molecule has 0 aliphatic carbocycles. The van der Waals surface area contributed by atoms with Crippen molar-refractivity contribution in [1.82, 2.24) is 5.32 Å². The summed E-state index contributed by atoms with van der Waals surface area (Å²) in [5.74, 6) is -0.914. The molecule has 2 atom stereocenters. The van der Waals surface area contributed by atoms with Crippen LogP contribution in [0.3, 0.4) is 0 Å². The van der Waals surface area contributed by atoms with E-state index in [1.165, 1.54) is 0 Å². The van der Waals surface area contributed by atoms with Gasteiger partial charge in [-0.3, -0.25) is 4.79 Å². The number of rotatable bonds is 5. The smallest absolute Gasteiger partial charge is 0.272 e. The minimum atomic E-state index is -2.58. The molecule has 2 aromatic rings. The van der Waals surface area contributed by atoms with E-state index in [2.05, 4.69) is 21.2 Å². The van der Waals surface area contributed by atoms with Crippen LogP contribution in [-0.2, 0) is 11.3 Å². The number of nitrogens with one attached hydrogen (secondary N) is 1. The molecule has 0 saturated carbocycles. The number of carbonyl (C=O) groups excluding carboxylic acids is 1. The first-order chi connectivity index (χ1) is 10.0. The maximum Gasteiger partial charge on any atom is 0.272 e. The summed E-state index contributed by atoms with van der Waals surface area (Å²) in [6, 6.07) is 17.4. The SMILES string of the molecule is O=C(NCc1ccccc1)[C@](F)(Br)[C@H](O)c1ccccc1. The first kappa shape index (κ1) is 15.7. The van der Waals surface area contributed by atoms with Gasteiger partial charge in [-0.1, -0.05) is 60.7 Å². The number of hydrogen-bond donors (Lipinski definition) is 2. The Balaban J connectivity index is 2.03. The Morgan fingerprint density at radius 2 is 1.67 bits per heavy atom. The van der Waals surface area contributed by atoms with Gasteiger partial charge >= 0.3 is 0 Å². The summed E-state index contributed by atoms with van der Waals surface area (Å²) in [5.41, 5.74) is 1.18. The minimum Gasteiger partial charge on any atom is -0.384 e. The third-order valence-corrected chi connectivity index (χ3v) is 3.85. The summed E-state index contributed by atoms with van der Waals surface area (Å²) >= 11 is 2.69. The van der Waals surface area contributed by atoms with Gasteiger partial charge in [-0.15, -0.1) is 0 Å². The molecule has 110 valence electrons. The number of aliphatic hydroxyl groups excluding tert-OH is 1. The highest BCUT2D eigenvalue weighted by Gasteiger charge is 2.44. The summed E-state index contributed by atoms with van der Waals surface area (Å²) < 4.78 is 11.9. The van der Waals surface area contributed by atoms with Crippen LogP contribution in [0.1, 0.15) is 17.2 Å². The molecule has 3 nitrogen and oxygen atoms in total. The maximum atomic E-state index is 14.5. The maximum absolute atomic E-state index is 14.5. The first-order valence-electron chi connectivity index (χ1n) is 6.45. The van der Waals surface area contributed by atoms with E-state index in [1.807, 2.05) is 30.3 Å². The second-order valence-electron chi connectivity index (χ2n) is 4.60. The second kappa shape index (κ2) is 6.83. The lowest BCUT2D eigenvalue weighted by molar-refractivity contribution is -0.132. The molecule has 1 amide bonds. The average Bonchev–Trinajstić information content (AvgIpc) is 2.53. The molecule has 5 heteroatoms. The summed E-state index contributed by atoms with van der Waals surface area (Å²) in [7, 11) is 0. The predicted molar refractivity (Wildman–Crippen MR) is 82.5 cm³/mol. The zero-order valence-corrected chi connectivity index (χ0v) is 12.8. The van der Waals surface area contributed by atoms with Gasteiger partial charge in [0.2, 0.25) is 0 Å². The van der Waals surface area contributed by atoms with Crippen molar-refractivity contribution >= 4 is 21.8 Å². The van der Waals surface area contributed by atoms with Crippen LogP contribution in [0, 0.1) is 0 Å². The first-order valence-corrected chi connectivity index (χ1v) is 7.24. The molecule has 2 rings (SSSR count). The molecule has 2 N–H and O–H groups in total. The van der Waals surface area contributed by atoms with E-state index in [-0.39, 0.29) is 6.54 Å². The third kappa shape index (κ3) is 3.89. The van der Waals surface area contributed by atoms with Gasteiger partial charge in [0.25, 0.3) is 10.5 Å². The van der Waals surface area contributed by atoms with Crippen molar-refractivity contribution in [2.24, 2.45) is 0 Å². The Kier molecular flexibility index (Phi) is 5.09. The van der Waals surface area contributed by atoms with E-state index < -0.39 is 16.6 Å². The van der Waals surface area contributed by atoms with Crippen molar-refractivity contribution in [3.8, 4) is 0 Å². The molecule has 0 spiro atoms. The molecule has 21 heavy (non-hydrogen) atoms. The lowest BCUT2D eigenvalue weighted by Crippen LogP contribution is -2.42. The van der Waals surface area contributed by atoms with Gasteiger partial charge in [-0.05, 0) is 27.1 Å². The second-order valence-corrected chi connectivity index (χ2v) is 5.76.